The first-order valence-corrected chi connectivity index (χ1v) is 38.9. The van der Waals surface area contributed by atoms with Gasteiger partial charge in [-0.2, -0.15) is 0 Å². The van der Waals surface area contributed by atoms with Crippen LogP contribution in [0.1, 0.15) is 348 Å². The highest BCUT2D eigenvalue weighted by atomic mass is 31.2. The van der Waals surface area contributed by atoms with E-state index in [0.717, 1.165) is 83.5 Å². The van der Waals surface area contributed by atoms with Crippen LogP contribution in [0.2, 0.25) is 0 Å². The molecule has 0 rings (SSSR count). The molecule has 0 aliphatic carbocycles. The lowest BCUT2D eigenvalue weighted by Crippen LogP contribution is -2.47. The Bertz CT molecular complexity index is 1780. The Morgan fingerprint density at radius 2 is 0.693 bits per heavy atom. The van der Waals surface area contributed by atoms with Gasteiger partial charge in [-0.1, -0.05) is 312 Å². The Kier molecular flexibility index (Phi) is 64.9. The average Bonchev–Trinajstić information content (AvgIpc) is 3.66. The molecule has 10 heteroatoms. The Balaban J connectivity index is 5.01. The third-order valence-corrected chi connectivity index (χ3v) is 17.5. The maximum atomic E-state index is 13.6. The van der Waals surface area contributed by atoms with Gasteiger partial charge in [0.2, 0.25) is 5.91 Å². The molecule has 0 aliphatic heterocycles. The van der Waals surface area contributed by atoms with Gasteiger partial charge in [-0.25, -0.2) is 4.57 Å². The minimum Gasteiger partial charge on any atom is -0.456 e. The minimum absolute atomic E-state index is 0.0378. The highest BCUT2D eigenvalue weighted by Crippen LogP contribution is 2.43. The van der Waals surface area contributed by atoms with Gasteiger partial charge < -0.3 is 19.4 Å². The molecular formula is C78H144N2O7P+. The number of hydrogen-bond donors (Lipinski definition) is 2. The summed E-state index contributed by atoms with van der Waals surface area (Å²) in [5.74, 6) is -0.500. The quantitative estimate of drug-likeness (QED) is 0.0205. The van der Waals surface area contributed by atoms with Crippen molar-refractivity contribution in [3.8, 4) is 0 Å². The number of ether oxygens (including phenoxy) is 1. The summed E-state index contributed by atoms with van der Waals surface area (Å²) in [5, 5.41) is 3.08. The summed E-state index contributed by atoms with van der Waals surface area (Å²) in [7, 11) is 1.50. The summed E-state index contributed by atoms with van der Waals surface area (Å²) in [6, 6.07) is -0.855. The summed E-state index contributed by atoms with van der Waals surface area (Å²) in [6.07, 6.45) is 90.2. The Morgan fingerprint density at radius 1 is 0.398 bits per heavy atom. The summed E-state index contributed by atoms with van der Waals surface area (Å²) in [6.45, 7) is 6.99. The van der Waals surface area contributed by atoms with E-state index < -0.39 is 20.0 Å². The zero-order valence-electron chi connectivity index (χ0n) is 58.7. The van der Waals surface area contributed by atoms with Crippen molar-refractivity contribution in [1.29, 1.82) is 0 Å². The van der Waals surface area contributed by atoms with E-state index in [-0.39, 0.29) is 31.5 Å². The monoisotopic (exact) mass is 1250 g/mol. The van der Waals surface area contributed by atoms with Crippen LogP contribution < -0.4 is 5.32 Å². The van der Waals surface area contributed by atoms with E-state index in [1.807, 2.05) is 33.3 Å². The predicted octanol–water partition coefficient (Wildman–Crippen LogP) is 24.1. The molecule has 88 heavy (non-hydrogen) atoms. The van der Waals surface area contributed by atoms with Gasteiger partial charge in [0.05, 0.1) is 33.8 Å². The average molecular weight is 1250 g/mol. The molecule has 2 N–H and O–H groups in total. The van der Waals surface area contributed by atoms with Gasteiger partial charge in [0.15, 0.2) is 0 Å². The highest BCUT2D eigenvalue weighted by molar-refractivity contribution is 7.47. The van der Waals surface area contributed by atoms with Crippen molar-refractivity contribution in [2.75, 3.05) is 40.9 Å². The van der Waals surface area contributed by atoms with Gasteiger partial charge in [0.1, 0.15) is 19.3 Å². The Morgan fingerprint density at radius 3 is 1.06 bits per heavy atom. The van der Waals surface area contributed by atoms with Gasteiger partial charge >= 0.3 is 13.8 Å². The minimum atomic E-state index is -4.46. The molecule has 0 fully saturated rings. The van der Waals surface area contributed by atoms with Crippen molar-refractivity contribution in [3.05, 3.63) is 85.1 Å². The third-order valence-electron chi connectivity index (χ3n) is 16.6. The van der Waals surface area contributed by atoms with Gasteiger partial charge in [-0.15, -0.1) is 0 Å². The fourth-order valence-electron chi connectivity index (χ4n) is 10.8. The number of quaternary nitrogens is 1. The summed E-state index contributed by atoms with van der Waals surface area (Å²) >= 11 is 0. The first kappa shape index (κ1) is 85.2. The van der Waals surface area contributed by atoms with Crippen LogP contribution in [0, 0.1) is 0 Å². The first-order valence-electron chi connectivity index (χ1n) is 37.4. The smallest absolute Gasteiger partial charge is 0.456 e. The van der Waals surface area contributed by atoms with E-state index in [2.05, 4.69) is 99.0 Å². The zero-order chi connectivity index (χ0) is 64.2. The van der Waals surface area contributed by atoms with Crippen molar-refractivity contribution < 1.29 is 37.3 Å². The Labute approximate surface area is 546 Å². The molecule has 0 bridgehead atoms. The largest absolute Gasteiger partial charge is 0.472 e. The van der Waals surface area contributed by atoms with Crippen LogP contribution >= 0.6 is 7.82 Å². The molecule has 0 aromatic carbocycles. The van der Waals surface area contributed by atoms with Crippen molar-refractivity contribution in [2.45, 2.75) is 360 Å². The first-order chi connectivity index (χ1) is 42.9. The third kappa shape index (κ3) is 67.6. The lowest BCUT2D eigenvalue weighted by atomic mass is 10.0. The van der Waals surface area contributed by atoms with Crippen LogP contribution in [0.5, 0.6) is 0 Å². The molecule has 512 valence electrons. The molecule has 9 nitrogen and oxygen atoms in total. The van der Waals surface area contributed by atoms with Crippen LogP contribution in [0.3, 0.4) is 0 Å². The predicted molar refractivity (Wildman–Crippen MR) is 383 cm³/mol. The van der Waals surface area contributed by atoms with Crippen molar-refractivity contribution >= 4 is 19.7 Å². The van der Waals surface area contributed by atoms with Crippen LogP contribution in [-0.4, -0.2) is 74.3 Å². The number of hydrogen-bond acceptors (Lipinski definition) is 6. The molecule has 0 spiro atoms. The highest BCUT2D eigenvalue weighted by Gasteiger charge is 2.30. The molecule has 0 aliphatic rings. The molecule has 0 aromatic heterocycles. The molecular weight excluding hydrogens is 1110 g/mol. The number of nitrogens with zero attached hydrogens (tertiary/aromatic N) is 1. The van der Waals surface area contributed by atoms with Crippen LogP contribution in [0.25, 0.3) is 0 Å². The number of unbranched alkanes of at least 4 members (excludes halogenated alkanes) is 40. The number of rotatable bonds is 68. The SMILES string of the molecule is CCCCC/C=C\C/C=C\C/C=C\C/C=C\CCCCCCCCCCCCCC(=O)NC(COP(=O)(O)OCC[N+](C)(C)C)C(/C=C\CCCCCCCCCCCC)OC(=O)CCCCCCCCCCCCCCC/C=C\C/C=C\CCCCC. The number of allylic oxidation sites excluding steroid dienone is 13. The van der Waals surface area contributed by atoms with Gasteiger partial charge in [0.25, 0.3) is 0 Å². The van der Waals surface area contributed by atoms with E-state index >= 15 is 0 Å². The molecule has 0 saturated heterocycles. The van der Waals surface area contributed by atoms with Crippen LogP contribution in [0.4, 0.5) is 0 Å². The van der Waals surface area contributed by atoms with E-state index in [9.17, 15) is 19.0 Å². The maximum Gasteiger partial charge on any atom is 0.472 e. The second-order valence-electron chi connectivity index (χ2n) is 26.5. The number of phosphoric acid groups is 1. The van der Waals surface area contributed by atoms with Gasteiger partial charge in [-0.3, -0.25) is 18.6 Å². The van der Waals surface area contributed by atoms with Gasteiger partial charge in [-0.05, 0) is 109 Å². The summed E-state index contributed by atoms with van der Waals surface area (Å²) in [4.78, 5) is 38.0. The number of nitrogens with one attached hydrogen (secondary N) is 1. The van der Waals surface area contributed by atoms with Crippen molar-refractivity contribution in [3.63, 3.8) is 0 Å². The van der Waals surface area contributed by atoms with E-state index in [0.29, 0.717) is 17.4 Å². The molecule has 0 heterocycles. The lowest BCUT2D eigenvalue weighted by molar-refractivity contribution is -0.870. The zero-order valence-corrected chi connectivity index (χ0v) is 59.6. The standard InChI is InChI=1S/C78H143N2O7P/c1-7-10-13-16-19-22-25-28-30-32-34-36-38-39-40-41-43-44-46-48-50-52-55-58-61-64-67-70-77(81)79-75(74-86-88(83,84)85-73-72-80(4,5)6)76(69-66-63-60-57-54-27-24-21-18-15-12-9-3)87-78(82)71-68-65-62-59-56-53-51-49-47-45-42-37-35-33-31-29-26-23-20-17-14-11-8-2/h19-20,22-23,28-31,34,36,39-40,66,69,75-76H,7-18,21,24-27,32-33,35,37-38,41-65,67-68,70-74H2,1-6H3,(H-,79,81,83,84)/p+1/b22-19-,23-20-,30-28-,31-29-,36-34-,40-39-,69-66-. The second kappa shape index (κ2) is 67.1. The lowest BCUT2D eigenvalue weighted by Gasteiger charge is -2.27. The molecule has 1 amide bonds. The number of carbonyl (C=O) groups excluding carboxylic acids is 2. The molecule has 3 atom stereocenters. The van der Waals surface area contributed by atoms with E-state index in [1.54, 1.807) is 0 Å². The van der Waals surface area contributed by atoms with Gasteiger partial charge in [0, 0.05) is 12.8 Å². The number of carbonyl (C=O) groups is 2. The van der Waals surface area contributed by atoms with Crippen LogP contribution in [0.15, 0.2) is 85.1 Å². The number of esters is 1. The normalized spacial score (nSPS) is 13.9. The molecule has 0 aromatic rings. The topological polar surface area (TPSA) is 111 Å². The number of likely N-dealkylation sites (N-methyl/N-ethyl adjacent to an activating group) is 1. The maximum absolute atomic E-state index is 13.6. The molecule has 0 saturated carbocycles. The molecule has 3 unspecified atom stereocenters. The number of phosphoric ester groups is 1. The fraction of sp³-hybridized carbons (Fsp3) is 0.795. The van der Waals surface area contributed by atoms with E-state index in [4.69, 9.17) is 13.8 Å². The molecule has 0 radical (unpaired) electrons. The fourth-order valence-corrected chi connectivity index (χ4v) is 11.5. The Hall–Kier alpha value is -2.81. The van der Waals surface area contributed by atoms with E-state index in [1.165, 1.54) is 231 Å². The number of amides is 1. The van der Waals surface area contributed by atoms with Crippen LogP contribution in [-0.2, 0) is 27.9 Å². The summed E-state index contributed by atoms with van der Waals surface area (Å²) < 4.78 is 30.9. The van der Waals surface area contributed by atoms with Crippen molar-refractivity contribution in [1.82, 2.24) is 5.32 Å². The van der Waals surface area contributed by atoms with Crippen molar-refractivity contribution in [2.24, 2.45) is 0 Å². The second-order valence-corrected chi connectivity index (χ2v) is 27.9. The summed E-state index contributed by atoms with van der Waals surface area (Å²) in [5.41, 5.74) is 0.